The van der Waals surface area contributed by atoms with Crippen molar-refractivity contribution in [2.24, 2.45) is 5.92 Å². The molecule has 3 rings (SSSR count). The Labute approximate surface area is 141 Å². The van der Waals surface area contributed by atoms with Gasteiger partial charge >= 0.3 is 0 Å². The van der Waals surface area contributed by atoms with Gasteiger partial charge in [0.15, 0.2) is 0 Å². The summed E-state index contributed by atoms with van der Waals surface area (Å²) in [5.74, 6) is 0.0580. The number of carbonyl (C=O) groups is 2. The van der Waals surface area contributed by atoms with Gasteiger partial charge in [-0.15, -0.1) is 11.3 Å². The lowest BCUT2D eigenvalue weighted by Crippen LogP contribution is -2.43. The Morgan fingerprint density at radius 3 is 2.78 bits per heavy atom. The van der Waals surface area contributed by atoms with Gasteiger partial charge in [0, 0.05) is 36.6 Å². The van der Waals surface area contributed by atoms with E-state index in [9.17, 15) is 9.59 Å². The molecule has 126 valence electrons. The number of likely N-dealkylation sites (tertiary alicyclic amines) is 2. The number of hydrogen-bond donors (Lipinski definition) is 0. The predicted octanol–water partition coefficient (Wildman–Crippen LogP) is 2.76. The third-order valence-electron chi connectivity index (χ3n) is 4.84. The SMILES string of the molecule is Cc1csc(C2CCCCN2C(=O)C2CC(=O)N(C(C)C)C2)n1. The number of amides is 2. The third-order valence-corrected chi connectivity index (χ3v) is 5.90. The van der Waals surface area contributed by atoms with Crippen molar-refractivity contribution in [2.45, 2.75) is 58.5 Å². The Balaban J connectivity index is 1.76. The van der Waals surface area contributed by atoms with E-state index in [1.54, 1.807) is 11.3 Å². The molecule has 23 heavy (non-hydrogen) atoms. The zero-order valence-corrected chi connectivity index (χ0v) is 14.9. The topological polar surface area (TPSA) is 53.5 Å². The summed E-state index contributed by atoms with van der Waals surface area (Å²) < 4.78 is 0. The van der Waals surface area contributed by atoms with Crippen LogP contribution in [0.5, 0.6) is 0 Å². The first kappa shape index (κ1) is 16.4. The van der Waals surface area contributed by atoms with Crippen LogP contribution < -0.4 is 0 Å². The van der Waals surface area contributed by atoms with E-state index in [2.05, 4.69) is 4.98 Å². The molecule has 0 aliphatic carbocycles. The van der Waals surface area contributed by atoms with Crippen molar-refractivity contribution >= 4 is 23.2 Å². The molecule has 2 aliphatic rings. The maximum atomic E-state index is 13.0. The second-order valence-corrected chi connectivity index (χ2v) is 7.80. The molecule has 1 aromatic heterocycles. The Morgan fingerprint density at radius 2 is 2.17 bits per heavy atom. The quantitative estimate of drug-likeness (QED) is 0.853. The van der Waals surface area contributed by atoms with Crippen molar-refractivity contribution < 1.29 is 9.59 Å². The molecule has 5 nitrogen and oxygen atoms in total. The van der Waals surface area contributed by atoms with Gasteiger partial charge in [-0.05, 0) is 40.0 Å². The molecular formula is C17H25N3O2S. The largest absolute Gasteiger partial charge is 0.339 e. The van der Waals surface area contributed by atoms with E-state index in [1.807, 2.05) is 36.0 Å². The standard InChI is InChI=1S/C17H25N3O2S/c1-11(2)20-9-13(8-15(20)21)17(22)19-7-5-4-6-14(19)16-18-12(3)10-23-16/h10-11,13-14H,4-9H2,1-3H3. The van der Waals surface area contributed by atoms with Crippen LogP contribution in [0.3, 0.4) is 0 Å². The van der Waals surface area contributed by atoms with Crippen LogP contribution in [0.1, 0.15) is 56.3 Å². The molecule has 0 N–H and O–H groups in total. The summed E-state index contributed by atoms with van der Waals surface area (Å²) in [6, 6.07) is 0.261. The Bertz CT molecular complexity index is 598. The van der Waals surface area contributed by atoms with Crippen molar-refractivity contribution in [1.29, 1.82) is 0 Å². The fourth-order valence-electron chi connectivity index (χ4n) is 3.61. The molecule has 0 aromatic carbocycles. The number of aryl methyl sites for hydroxylation is 1. The van der Waals surface area contributed by atoms with Crippen LogP contribution in [-0.4, -0.2) is 45.7 Å². The lowest BCUT2D eigenvalue weighted by Gasteiger charge is -2.36. The summed E-state index contributed by atoms with van der Waals surface area (Å²) in [5, 5.41) is 3.09. The first-order chi connectivity index (χ1) is 11.0. The van der Waals surface area contributed by atoms with Crippen LogP contribution in [0.4, 0.5) is 0 Å². The normalized spacial score (nSPS) is 25.5. The molecule has 6 heteroatoms. The lowest BCUT2D eigenvalue weighted by molar-refractivity contribution is -0.139. The molecule has 2 unspecified atom stereocenters. The molecule has 0 radical (unpaired) electrons. The van der Waals surface area contributed by atoms with Crippen LogP contribution in [-0.2, 0) is 9.59 Å². The minimum absolute atomic E-state index is 0.0955. The minimum Gasteiger partial charge on any atom is -0.339 e. The van der Waals surface area contributed by atoms with E-state index in [0.29, 0.717) is 13.0 Å². The lowest BCUT2D eigenvalue weighted by atomic mass is 9.99. The van der Waals surface area contributed by atoms with Gasteiger partial charge in [-0.2, -0.15) is 0 Å². The second-order valence-electron chi connectivity index (χ2n) is 6.91. The van der Waals surface area contributed by atoms with Gasteiger partial charge in [0.25, 0.3) is 0 Å². The van der Waals surface area contributed by atoms with Crippen LogP contribution in [0.15, 0.2) is 5.38 Å². The molecular weight excluding hydrogens is 310 g/mol. The third kappa shape index (κ3) is 3.27. The molecule has 0 spiro atoms. The number of aromatic nitrogens is 1. The zero-order chi connectivity index (χ0) is 16.6. The van der Waals surface area contributed by atoms with Gasteiger partial charge < -0.3 is 9.80 Å². The molecule has 2 fully saturated rings. The first-order valence-electron chi connectivity index (χ1n) is 8.49. The molecule has 0 saturated carbocycles. The average molecular weight is 335 g/mol. The molecule has 0 bridgehead atoms. The van der Waals surface area contributed by atoms with Crippen LogP contribution in [0.2, 0.25) is 0 Å². The Hall–Kier alpha value is -1.43. The van der Waals surface area contributed by atoms with Gasteiger partial charge in [0.05, 0.1) is 12.0 Å². The fraction of sp³-hybridized carbons (Fsp3) is 0.706. The van der Waals surface area contributed by atoms with Crippen LogP contribution in [0, 0.1) is 12.8 Å². The van der Waals surface area contributed by atoms with Gasteiger partial charge in [-0.3, -0.25) is 9.59 Å². The van der Waals surface area contributed by atoms with E-state index >= 15 is 0 Å². The number of nitrogens with zero attached hydrogens (tertiary/aromatic N) is 3. The Kier molecular flexibility index (Phi) is 4.71. The number of hydrogen-bond acceptors (Lipinski definition) is 4. The van der Waals surface area contributed by atoms with Crippen LogP contribution in [0.25, 0.3) is 0 Å². The van der Waals surface area contributed by atoms with Crippen LogP contribution >= 0.6 is 11.3 Å². The highest BCUT2D eigenvalue weighted by molar-refractivity contribution is 7.09. The van der Waals surface area contributed by atoms with Gasteiger partial charge in [0.1, 0.15) is 5.01 Å². The predicted molar refractivity (Wildman–Crippen MR) is 90.1 cm³/mol. The fourth-order valence-corrected chi connectivity index (χ4v) is 4.55. The van der Waals surface area contributed by atoms with E-state index in [-0.39, 0.29) is 29.8 Å². The Morgan fingerprint density at radius 1 is 1.39 bits per heavy atom. The molecule has 2 saturated heterocycles. The summed E-state index contributed by atoms with van der Waals surface area (Å²) >= 11 is 1.64. The van der Waals surface area contributed by atoms with Gasteiger partial charge in [-0.25, -0.2) is 4.98 Å². The number of rotatable bonds is 3. The number of carbonyl (C=O) groups excluding carboxylic acids is 2. The van der Waals surface area contributed by atoms with E-state index in [1.165, 1.54) is 0 Å². The summed E-state index contributed by atoms with van der Waals surface area (Å²) in [4.78, 5) is 33.6. The average Bonchev–Trinajstić information content (AvgIpc) is 3.12. The summed E-state index contributed by atoms with van der Waals surface area (Å²) in [7, 11) is 0. The minimum atomic E-state index is -0.188. The molecule has 2 atom stereocenters. The number of piperidine rings is 1. The molecule has 2 amide bonds. The van der Waals surface area contributed by atoms with E-state index in [0.717, 1.165) is 36.5 Å². The number of thiazole rings is 1. The molecule has 2 aliphatic heterocycles. The molecule has 3 heterocycles. The summed E-state index contributed by atoms with van der Waals surface area (Å²) in [6.07, 6.45) is 3.51. The van der Waals surface area contributed by atoms with E-state index < -0.39 is 0 Å². The first-order valence-corrected chi connectivity index (χ1v) is 9.37. The van der Waals surface area contributed by atoms with Gasteiger partial charge in [-0.1, -0.05) is 0 Å². The smallest absolute Gasteiger partial charge is 0.228 e. The monoisotopic (exact) mass is 335 g/mol. The van der Waals surface area contributed by atoms with Crippen molar-refractivity contribution in [1.82, 2.24) is 14.8 Å². The zero-order valence-electron chi connectivity index (χ0n) is 14.1. The van der Waals surface area contributed by atoms with Crippen molar-refractivity contribution in [3.63, 3.8) is 0 Å². The maximum Gasteiger partial charge on any atom is 0.228 e. The van der Waals surface area contributed by atoms with Crippen molar-refractivity contribution in [3.8, 4) is 0 Å². The van der Waals surface area contributed by atoms with E-state index in [4.69, 9.17) is 0 Å². The van der Waals surface area contributed by atoms with Gasteiger partial charge in [0.2, 0.25) is 11.8 Å². The highest BCUT2D eigenvalue weighted by Crippen LogP contribution is 2.35. The summed E-state index contributed by atoms with van der Waals surface area (Å²) in [6.45, 7) is 7.36. The maximum absolute atomic E-state index is 13.0. The molecule has 1 aromatic rings. The van der Waals surface area contributed by atoms with Crippen molar-refractivity contribution in [3.05, 3.63) is 16.1 Å². The van der Waals surface area contributed by atoms with Crippen molar-refractivity contribution in [2.75, 3.05) is 13.1 Å². The highest BCUT2D eigenvalue weighted by Gasteiger charge is 2.40. The highest BCUT2D eigenvalue weighted by atomic mass is 32.1. The second kappa shape index (κ2) is 6.59. The summed E-state index contributed by atoms with van der Waals surface area (Å²) in [5.41, 5.74) is 1.02.